The number of amides is 1. The Bertz CT molecular complexity index is 786. The summed E-state index contributed by atoms with van der Waals surface area (Å²) < 4.78 is 39.0. The topological polar surface area (TPSA) is 72.7 Å². The second-order valence-corrected chi connectivity index (χ2v) is 6.13. The molecule has 2 aromatic rings. The SMILES string of the molecule is Cc1ncc2c(n1)CCC[C@@H]2NC(=O)[C@@H](C)n1ccc(C(F)(F)F)n1. The van der Waals surface area contributed by atoms with Crippen molar-refractivity contribution in [2.24, 2.45) is 0 Å². The van der Waals surface area contributed by atoms with Crippen LogP contribution >= 0.6 is 0 Å². The molecule has 0 aliphatic heterocycles. The molecule has 1 amide bonds. The molecule has 0 saturated heterocycles. The Labute approximate surface area is 142 Å². The van der Waals surface area contributed by atoms with E-state index in [0.717, 1.165) is 47.5 Å². The zero-order valence-electron chi connectivity index (χ0n) is 13.8. The fourth-order valence-corrected chi connectivity index (χ4v) is 2.91. The van der Waals surface area contributed by atoms with Gasteiger partial charge >= 0.3 is 6.18 Å². The van der Waals surface area contributed by atoms with Crippen molar-refractivity contribution < 1.29 is 18.0 Å². The van der Waals surface area contributed by atoms with E-state index in [1.54, 1.807) is 13.1 Å². The molecule has 1 aliphatic carbocycles. The minimum atomic E-state index is -4.53. The highest BCUT2D eigenvalue weighted by Gasteiger charge is 2.34. The summed E-state index contributed by atoms with van der Waals surface area (Å²) in [4.78, 5) is 21.0. The van der Waals surface area contributed by atoms with Crippen molar-refractivity contribution in [1.82, 2.24) is 25.1 Å². The van der Waals surface area contributed by atoms with Crippen LogP contribution in [0, 0.1) is 6.92 Å². The molecular weight excluding hydrogens is 335 g/mol. The Hall–Kier alpha value is -2.45. The van der Waals surface area contributed by atoms with E-state index in [9.17, 15) is 18.0 Å². The number of carbonyl (C=O) groups is 1. The van der Waals surface area contributed by atoms with Gasteiger partial charge in [0.25, 0.3) is 0 Å². The quantitative estimate of drug-likeness (QED) is 0.921. The monoisotopic (exact) mass is 353 g/mol. The van der Waals surface area contributed by atoms with E-state index in [-0.39, 0.29) is 6.04 Å². The van der Waals surface area contributed by atoms with Gasteiger partial charge in [0.05, 0.1) is 6.04 Å². The van der Waals surface area contributed by atoms with Gasteiger partial charge in [-0.2, -0.15) is 18.3 Å². The molecule has 0 spiro atoms. The molecule has 9 heteroatoms. The molecule has 0 bridgehead atoms. The number of fused-ring (bicyclic) bond motifs is 1. The van der Waals surface area contributed by atoms with Crippen LogP contribution in [0.15, 0.2) is 18.5 Å². The number of aryl methyl sites for hydroxylation is 2. The summed E-state index contributed by atoms with van der Waals surface area (Å²) in [5, 5.41) is 6.34. The number of nitrogens with one attached hydrogen (secondary N) is 1. The third-order valence-corrected chi connectivity index (χ3v) is 4.29. The van der Waals surface area contributed by atoms with Crippen LogP contribution < -0.4 is 5.32 Å². The Morgan fingerprint density at radius 3 is 2.88 bits per heavy atom. The summed E-state index contributed by atoms with van der Waals surface area (Å²) in [5.41, 5.74) is 0.767. The van der Waals surface area contributed by atoms with Gasteiger partial charge in [0.1, 0.15) is 11.9 Å². The van der Waals surface area contributed by atoms with E-state index in [1.807, 2.05) is 0 Å². The van der Waals surface area contributed by atoms with Crippen molar-refractivity contribution in [3.63, 3.8) is 0 Å². The molecule has 0 fully saturated rings. The zero-order valence-corrected chi connectivity index (χ0v) is 13.8. The smallest absolute Gasteiger partial charge is 0.347 e. The van der Waals surface area contributed by atoms with E-state index in [1.165, 1.54) is 6.92 Å². The lowest BCUT2D eigenvalue weighted by atomic mass is 9.92. The molecule has 1 N–H and O–H groups in total. The van der Waals surface area contributed by atoms with E-state index in [2.05, 4.69) is 20.4 Å². The van der Waals surface area contributed by atoms with Gasteiger partial charge in [-0.1, -0.05) is 0 Å². The minimum absolute atomic E-state index is 0.239. The average molecular weight is 353 g/mol. The summed E-state index contributed by atoms with van der Waals surface area (Å²) in [7, 11) is 0. The van der Waals surface area contributed by atoms with Gasteiger partial charge in [0, 0.05) is 23.7 Å². The molecule has 0 radical (unpaired) electrons. The maximum absolute atomic E-state index is 12.6. The molecule has 1 aliphatic rings. The van der Waals surface area contributed by atoms with Crippen LogP contribution in [0.5, 0.6) is 0 Å². The number of aromatic nitrogens is 4. The molecule has 0 saturated carbocycles. The molecule has 25 heavy (non-hydrogen) atoms. The first kappa shape index (κ1) is 17.4. The van der Waals surface area contributed by atoms with Gasteiger partial charge in [-0.15, -0.1) is 0 Å². The van der Waals surface area contributed by atoms with Gasteiger partial charge < -0.3 is 5.32 Å². The van der Waals surface area contributed by atoms with Crippen LogP contribution in [-0.2, 0) is 17.4 Å². The number of alkyl halides is 3. The largest absolute Gasteiger partial charge is 0.435 e. The van der Waals surface area contributed by atoms with Crippen LogP contribution in [0.2, 0.25) is 0 Å². The van der Waals surface area contributed by atoms with Gasteiger partial charge in [-0.05, 0) is 39.2 Å². The second kappa shape index (κ2) is 6.45. The molecule has 2 heterocycles. The van der Waals surface area contributed by atoms with Crippen molar-refractivity contribution in [2.45, 2.75) is 51.4 Å². The normalized spacial score (nSPS) is 18.5. The predicted molar refractivity (Wildman–Crippen MR) is 82.5 cm³/mol. The van der Waals surface area contributed by atoms with Crippen LogP contribution in [0.1, 0.15) is 54.6 Å². The summed E-state index contributed by atoms with van der Waals surface area (Å²) in [6.45, 7) is 3.32. The molecule has 2 atom stereocenters. The lowest BCUT2D eigenvalue weighted by Gasteiger charge is -2.26. The van der Waals surface area contributed by atoms with Crippen molar-refractivity contribution in [2.75, 3.05) is 0 Å². The number of nitrogens with zero attached hydrogens (tertiary/aromatic N) is 4. The molecule has 134 valence electrons. The Morgan fingerprint density at radius 2 is 2.20 bits per heavy atom. The van der Waals surface area contributed by atoms with Crippen molar-refractivity contribution >= 4 is 5.91 Å². The van der Waals surface area contributed by atoms with Crippen molar-refractivity contribution in [3.8, 4) is 0 Å². The van der Waals surface area contributed by atoms with Crippen LogP contribution in [-0.4, -0.2) is 25.7 Å². The second-order valence-electron chi connectivity index (χ2n) is 6.13. The van der Waals surface area contributed by atoms with E-state index < -0.39 is 23.8 Å². The minimum Gasteiger partial charge on any atom is -0.347 e. The zero-order chi connectivity index (χ0) is 18.2. The Kier molecular flexibility index (Phi) is 4.49. The summed E-state index contributed by atoms with van der Waals surface area (Å²) in [6.07, 6.45) is 0.789. The highest BCUT2D eigenvalue weighted by molar-refractivity contribution is 5.80. The third-order valence-electron chi connectivity index (χ3n) is 4.29. The van der Waals surface area contributed by atoms with Gasteiger partial charge in [0.2, 0.25) is 5.91 Å². The van der Waals surface area contributed by atoms with E-state index >= 15 is 0 Å². The third kappa shape index (κ3) is 3.64. The first-order valence-corrected chi connectivity index (χ1v) is 8.01. The predicted octanol–water partition coefficient (Wildman–Crippen LogP) is 2.76. The van der Waals surface area contributed by atoms with E-state index in [0.29, 0.717) is 5.82 Å². The van der Waals surface area contributed by atoms with Crippen LogP contribution in [0.4, 0.5) is 13.2 Å². The van der Waals surface area contributed by atoms with Crippen LogP contribution in [0.3, 0.4) is 0 Å². The first-order chi connectivity index (χ1) is 11.8. The number of hydrogen-bond donors (Lipinski definition) is 1. The summed E-state index contributed by atoms with van der Waals surface area (Å²) in [5.74, 6) is 0.283. The van der Waals surface area contributed by atoms with Crippen LogP contribution in [0.25, 0.3) is 0 Å². The van der Waals surface area contributed by atoms with Crippen molar-refractivity contribution in [1.29, 1.82) is 0 Å². The van der Waals surface area contributed by atoms with E-state index in [4.69, 9.17) is 0 Å². The number of carbonyl (C=O) groups excluding carboxylic acids is 1. The molecule has 0 unspecified atom stereocenters. The first-order valence-electron chi connectivity index (χ1n) is 8.01. The molecule has 2 aromatic heterocycles. The fourth-order valence-electron chi connectivity index (χ4n) is 2.91. The van der Waals surface area contributed by atoms with Gasteiger partial charge in [-0.3, -0.25) is 9.48 Å². The summed E-state index contributed by atoms with van der Waals surface area (Å²) in [6, 6.07) is -0.235. The molecule has 0 aromatic carbocycles. The highest BCUT2D eigenvalue weighted by Crippen LogP contribution is 2.29. The van der Waals surface area contributed by atoms with Crippen molar-refractivity contribution in [3.05, 3.63) is 41.2 Å². The number of hydrogen-bond acceptors (Lipinski definition) is 4. The number of rotatable bonds is 3. The average Bonchev–Trinajstić information content (AvgIpc) is 3.04. The maximum Gasteiger partial charge on any atom is 0.435 e. The number of halogens is 3. The molecule has 3 rings (SSSR count). The standard InChI is InChI=1S/C16H18F3N5O/c1-9(24-7-6-14(23-24)16(17,18)19)15(25)22-13-5-3-4-12-11(13)8-20-10(2)21-12/h6-9,13H,3-5H2,1-2H3,(H,22,25)/t9-,13+/m1/s1. The Morgan fingerprint density at radius 1 is 1.44 bits per heavy atom. The summed E-state index contributed by atoms with van der Waals surface area (Å²) >= 11 is 0. The lowest BCUT2D eigenvalue weighted by molar-refractivity contribution is -0.142. The lowest BCUT2D eigenvalue weighted by Crippen LogP contribution is -2.36. The van der Waals surface area contributed by atoms with Gasteiger partial charge in [-0.25, -0.2) is 9.97 Å². The molecular formula is C16H18F3N5O. The Balaban J connectivity index is 1.74. The van der Waals surface area contributed by atoms with Gasteiger partial charge in [0.15, 0.2) is 5.69 Å². The molecule has 6 nitrogen and oxygen atoms in total. The maximum atomic E-state index is 12.6. The fraction of sp³-hybridized carbons (Fsp3) is 0.500. The highest BCUT2D eigenvalue weighted by atomic mass is 19.4.